The van der Waals surface area contributed by atoms with Crippen molar-refractivity contribution in [2.45, 2.75) is 19.8 Å². The second kappa shape index (κ2) is 4.31. The van der Waals surface area contributed by atoms with Gasteiger partial charge >= 0.3 is 0 Å². The van der Waals surface area contributed by atoms with Gasteiger partial charge in [0.25, 0.3) is 0 Å². The minimum atomic E-state index is 1.12. The van der Waals surface area contributed by atoms with Crippen molar-refractivity contribution in [3.8, 4) is 0 Å². The van der Waals surface area contributed by atoms with Crippen LogP contribution >= 0.6 is 0 Å². The van der Waals surface area contributed by atoms with E-state index in [0.717, 1.165) is 12.8 Å². The molecule has 1 aliphatic rings. The number of hydrogen-bond donors (Lipinski definition) is 0. The monoisotopic (exact) mass is 196 g/mol. The molecule has 0 heterocycles. The third kappa shape index (κ3) is 2.27. The maximum Gasteiger partial charge on any atom is -0.0224 e. The molecule has 1 aromatic carbocycles. The third-order valence-corrected chi connectivity index (χ3v) is 2.84. The van der Waals surface area contributed by atoms with Crippen molar-refractivity contribution in [1.82, 2.24) is 0 Å². The van der Waals surface area contributed by atoms with Gasteiger partial charge in [0.1, 0.15) is 0 Å². The van der Waals surface area contributed by atoms with E-state index in [4.69, 9.17) is 0 Å². The van der Waals surface area contributed by atoms with Crippen molar-refractivity contribution in [1.29, 1.82) is 0 Å². The maximum atomic E-state index is 3.98. The van der Waals surface area contributed by atoms with Crippen LogP contribution in [0.2, 0.25) is 0 Å². The topological polar surface area (TPSA) is 0 Å². The van der Waals surface area contributed by atoms with Crippen LogP contribution in [0.15, 0.2) is 60.2 Å². The molecule has 0 saturated heterocycles. The zero-order chi connectivity index (χ0) is 10.7. The van der Waals surface area contributed by atoms with E-state index in [9.17, 15) is 0 Å². The minimum absolute atomic E-state index is 1.12. The quantitative estimate of drug-likeness (QED) is 0.659. The summed E-state index contributed by atoms with van der Waals surface area (Å²) in [6.45, 7) is 6.06. The molecule has 0 nitrogen and oxygen atoms in total. The first-order valence-corrected chi connectivity index (χ1v) is 5.38. The molecule has 0 amide bonds. The molecule has 0 atom stereocenters. The van der Waals surface area contributed by atoms with Crippen molar-refractivity contribution < 1.29 is 0 Å². The van der Waals surface area contributed by atoms with Gasteiger partial charge in [-0.25, -0.2) is 0 Å². The first-order valence-electron chi connectivity index (χ1n) is 5.38. The number of hydrogen-bond acceptors (Lipinski definition) is 0. The second-order valence-corrected chi connectivity index (χ2v) is 4.03. The summed E-state index contributed by atoms with van der Waals surface area (Å²) in [5, 5.41) is 0. The minimum Gasteiger partial charge on any atom is -0.0958 e. The third-order valence-electron chi connectivity index (χ3n) is 2.84. The summed E-state index contributed by atoms with van der Waals surface area (Å²) in [6.07, 6.45) is 6.68. The van der Waals surface area contributed by atoms with Crippen molar-refractivity contribution in [3.63, 3.8) is 0 Å². The molecule has 0 radical (unpaired) electrons. The summed E-state index contributed by atoms with van der Waals surface area (Å²) < 4.78 is 0. The molecule has 0 aromatic heterocycles. The highest BCUT2D eigenvalue weighted by Gasteiger charge is 2.07. The molecular formula is C15H16. The largest absolute Gasteiger partial charge is 0.0958 e. The first-order chi connectivity index (χ1) is 7.27. The van der Waals surface area contributed by atoms with Gasteiger partial charge in [-0.1, -0.05) is 54.6 Å². The van der Waals surface area contributed by atoms with Crippen molar-refractivity contribution in [2.24, 2.45) is 0 Å². The van der Waals surface area contributed by atoms with Gasteiger partial charge in [-0.05, 0) is 36.5 Å². The van der Waals surface area contributed by atoms with E-state index in [-0.39, 0.29) is 0 Å². The number of rotatable bonds is 2. The SMILES string of the molecule is C=C(C)C1=CC=C(c2ccccc2)CC1. The van der Waals surface area contributed by atoms with Crippen LogP contribution in [-0.4, -0.2) is 0 Å². The summed E-state index contributed by atoms with van der Waals surface area (Å²) in [5.41, 5.74) is 5.35. The summed E-state index contributed by atoms with van der Waals surface area (Å²) in [4.78, 5) is 0. The Labute approximate surface area is 91.6 Å². The lowest BCUT2D eigenvalue weighted by molar-refractivity contribution is 0.986. The molecule has 0 heteroatoms. The average Bonchev–Trinajstić information content (AvgIpc) is 2.30. The molecule has 15 heavy (non-hydrogen) atoms. The number of benzene rings is 1. The Morgan fingerprint density at radius 1 is 1.07 bits per heavy atom. The van der Waals surface area contributed by atoms with Gasteiger partial charge in [-0.3, -0.25) is 0 Å². The highest BCUT2D eigenvalue weighted by Crippen LogP contribution is 2.28. The lowest BCUT2D eigenvalue weighted by atomic mass is 9.91. The van der Waals surface area contributed by atoms with E-state index in [1.807, 2.05) is 0 Å². The van der Waals surface area contributed by atoms with Gasteiger partial charge in [0.05, 0.1) is 0 Å². The smallest absolute Gasteiger partial charge is 0.0224 e. The molecule has 1 aromatic rings. The van der Waals surface area contributed by atoms with E-state index in [1.54, 1.807) is 0 Å². The Kier molecular flexibility index (Phi) is 2.86. The van der Waals surface area contributed by atoms with Gasteiger partial charge in [-0.2, -0.15) is 0 Å². The fourth-order valence-electron chi connectivity index (χ4n) is 1.89. The van der Waals surface area contributed by atoms with Crippen LogP contribution in [0.25, 0.3) is 5.57 Å². The Morgan fingerprint density at radius 2 is 1.80 bits per heavy atom. The van der Waals surface area contributed by atoms with Crippen LogP contribution in [-0.2, 0) is 0 Å². The molecule has 0 bridgehead atoms. The van der Waals surface area contributed by atoms with Crippen molar-refractivity contribution in [3.05, 3.63) is 65.8 Å². The van der Waals surface area contributed by atoms with Gasteiger partial charge in [0.15, 0.2) is 0 Å². The highest BCUT2D eigenvalue weighted by atomic mass is 14.1. The number of allylic oxidation sites excluding steroid dienone is 5. The molecule has 0 N–H and O–H groups in total. The fourth-order valence-corrected chi connectivity index (χ4v) is 1.89. The zero-order valence-electron chi connectivity index (χ0n) is 9.16. The Bertz CT molecular complexity index is 419. The Morgan fingerprint density at radius 3 is 2.33 bits per heavy atom. The van der Waals surface area contributed by atoms with Gasteiger partial charge in [0.2, 0.25) is 0 Å². The van der Waals surface area contributed by atoms with E-state index in [1.165, 1.54) is 22.3 Å². The molecule has 0 saturated carbocycles. The predicted octanol–water partition coefficient (Wildman–Crippen LogP) is 4.37. The molecule has 2 rings (SSSR count). The summed E-state index contributed by atoms with van der Waals surface area (Å²) in [6, 6.07) is 10.6. The van der Waals surface area contributed by atoms with E-state index >= 15 is 0 Å². The molecule has 76 valence electrons. The zero-order valence-corrected chi connectivity index (χ0v) is 9.16. The van der Waals surface area contributed by atoms with Crippen molar-refractivity contribution >= 4 is 5.57 Å². The maximum absolute atomic E-state index is 3.98. The molecule has 0 fully saturated rings. The van der Waals surface area contributed by atoms with E-state index in [2.05, 4.69) is 56.0 Å². The lowest BCUT2D eigenvalue weighted by Gasteiger charge is -2.14. The first kappa shape index (κ1) is 9.97. The van der Waals surface area contributed by atoms with Crippen molar-refractivity contribution in [2.75, 3.05) is 0 Å². The van der Waals surface area contributed by atoms with Crippen LogP contribution in [0.3, 0.4) is 0 Å². The molecular weight excluding hydrogens is 180 g/mol. The van der Waals surface area contributed by atoms with Crippen LogP contribution in [0.1, 0.15) is 25.3 Å². The summed E-state index contributed by atoms with van der Waals surface area (Å²) >= 11 is 0. The standard InChI is InChI=1S/C15H16/c1-12(2)13-8-10-15(11-9-13)14-6-4-3-5-7-14/h3-8,10H,1,9,11H2,2H3. The van der Waals surface area contributed by atoms with Crippen LogP contribution in [0, 0.1) is 0 Å². The highest BCUT2D eigenvalue weighted by molar-refractivity contribution is 5.69. The Hall–Kier alpha value is -1.56. The van der Waals surface area contributed by atoms with E-state index in [0.29, 0.717) is 0 Å². The molecule has 1 aliphatic carbocycles. The summed E-state index contributed by atoms with van der Waals surface area (Å²) in [5.74, 6) is 0. The van der Waals surface area contributed by atoms with Gasteiger partial charge in [0, 0.05) is 0 Å². The lowest BCUT2D eigenvalue weighted by Crippen LogP contribution is -1.94. The van der Waals surface area contributed by atoms with Crippen LogP contribution in [0.5, 0.6) is 0 Å². The fraction of sp³-hybridized carbons (Fsp3) is 0.200. The second-order valence-electron chi connectivity index (χ2n) is 4.03. The van der Waals surface area contributed by atoms with Crippen LogP contribution in [0.4, 0.5) is 0 Å². The average molecular weight is 196 g/mol. The Balaban J connectivity index is 2.25. The molecule has 0 spiro atoms. The van der Waals surface area contributed by atoms with Gasteiger partial charge in [-0.15, -0.1) is 0 Å². The molecule has 0 aliphatic heterocycles. The normalized spacial score (nSPS) is 15.5. The van der Waals surface area contributed by atoms with Gasteiger partial charge < -0.3 is 0 Å². The molecule has 0 unspecified atom stereocenters. The van der Waals surface area contributed by atoms with Crippen LogP contribution < -0.4 is 0 Å². The predicted molar refractivity (Wildman–Crippen MR) is 66.6 cm³/mol. The van der Waals surface area contributed by atoms with E-state index < -0.39 is 0 Å². The summed E-state index contributed by atoms with van der Waals surface area (Å²) in [7, 11) is 0.